The normalized spacial score (nSPS) is 14.8. The van der Waals surface area contributed by atoms with Crippen molar-refractivity contribution in [2.45, 2.75) is 54.4 Å². The number of likely N-dealkylation sites (N-methyl/N-ethyl adjacent to an activating group) is 1. The van der Waals surface area contributed by atoms with E-state index in [4.69, 9.17) is 19.9 Å². The molecule has 0 radical (unpaired) electrons. The SMILES string of the molecule is C/C=C\C.C=CC=C.CC.CCN(CC)C(=O)CN1CCN(c2nc(-c3ccccn3)nc3scc(-c4ccccc4)c23)CC1.c1ccc(-c2csc3nc(-c4ccccn4)nc(N4CCN(CCN5CCCC5)CC4)c23)cc1. The number of benzene rings is 2. The third kappa shape index (κ3) is 16.1. The van der Waals surface area contributed by atoms with E-state index in [1.54, 1.807) is 41.0 Å². The van der Waals surface area contributed by atoms with Gasteiger partial charge >= 0.3 is 0 Å². The zero-order valence-electron chi connectivity index (χ0n) is 47.4. The molecule has 3 aliphatic rings. The minimum Gasteiger partial charge on any atom is -0.353 e. The predicted octanol–water partition coefficient (Wildman–Crippen LogP) is 13.0. The van der Waals surface area contributed by atoms with Gasteiger partial charge in [-0.15, -0.1) is 22.7 Å². The highest BCUT2D eigenvalue weighted by Gasteiger charge is 2.27. The third-order valence-electron chi connectivity index (χ3n) is 14.0. The monoisotopic (exact) mass is 1100 g/mol. The molecule has 0 unspecified atom stereocenters. The summed E-state index contributed by atoms with van der Waals surface area (Å²) < 4.78 is 0. The van der Waals surface area contributed by atoms with Gasteiger partial charge < -0.3 is 19.6 Å². The molecule has 0 spiro atoms. The Balaban J connectivity index is 0.000000196. The highest BCUT2D eigenvalue weighted by atomic mass is 32.1. The summed E-state index contributed by atoms with van der Waals surface area (Å²) in [5.74, 6) is 3.56. The van der Waals surface area contributed by atoms with Gasteiger partial charge in [0.05, 0.1) is 17.3 Å². The lowest BCUT2D eigenvalue weighted by molar-refractivity contribution is -0.132. The number of thiophene rings is 2. The first-order valence-corrected chi connectivity index (χ1v) is 29.9. The summed E-state index contributed by atoms with van der Waals surface area (Å²) in [7, 11) is 0. The van der Waals surface area contributed by atoms with Crippen molar-refractivity contribution in [3.8, 4) is 45.3 Å². The molecule has 11 rings (SSSR count). The zero-order valence-corrected chi connectivity index (χ0v) is 49.0. The molecule has 0 aliphatic carbocycles. The predicted molar refractivity (Wildman–Crippen MR) is 335 cm³/mol. The smallest absolute Gasteiger partial charge is 0.236 e. The van der Waals surface area contributed by atoms with Gasteiger partial charge in [-0.05, 0) is 89.0 Å². The molecule has 9 heterocycles. The van der Waals surface area contributed by atoms with Crippen LogP contribution < -0.4 is 9.80 Å². The summed E-state index contributed by atoms with van der Waals surface area (Å²) in [6.07, 6.45) is 13.6. The lowest BCUT2D eigenvalue weighted by Gasteiger charge is -2.36. The lowest BCUT2D eigenvalue weighted by atomic mass is 10.1. The van der Waals surface area contributed by atoms with Crippen molar-refractivity contribution in [1.29, 1.82) is 0 Å². The maximum absolute atomic E-state index is 12.6. The number of pyridine rings is 2. The number of aromatic nitrogens is 6. The van der Waals surface area contributed by atoms with E-state index in [-0.39, 0.29) is 5.91 Å². The van der Waals surface area contributed by atoms with Crippen LogP contribution >= 0.6 is 22.7 Å². The van der Waals surface area contributed by atoms with Crippen LogP contribution in [0.1, 0.15) is 54.4 Å². The number of hydrogen-bond acceptors (Lipinski definition) is 14. The Bertz CT molecular complexity index is 3100. The molecule has 13 nitrogen and oxygen atoms in total. The number of amides is 1. The average molecular weight is 1100 g/mol. The van der Waals surface area contributed by atoms with E-state index in [0.717, 1.165) is 115 Å². The van der Waals surface area contributed by atoms with Crippen molar-refractivity contribution < 1.29 is 4.79 Å². The molecule has 79 heavy (non-hydrogen) atoms. The standard InChI is InChI=1S/C27H30N6OS.C27H30N6S.C4H8.C4H6.C2H6/c1-3-32(4-2)23(34)18-31-14-16-33(17-15-31)26-24-21(20-10-6-5-7-11-20)19-35-27(24)30-25(29-26)22-12-8-9-13-28-22;1-2-8-21(9-3-1)22-20-34-27-24(22)26(29-25(30-27)23-10-4-5-11-28-23)33-18-16-32(17-19-33)15-14-31-12-6-7-13-31;2*1-3-4-2;1-2/h5-13,19H,3-4,14-18H2,1-2H3;1-5,8-11,20H,6-7,12-19H2;3-4H,1-2H3;3-4H,1-2H2;1-2H3/b;;4-3-;;. The summed E-state index contributed by atoms with van der Waals surface area (Å²) >= 11 is 3.34. The van der Waals surface area contributed by atoms with Crippen LogP contribution in [0.25, 0.3) is 65.7 Å². The second kappa shape index (κ2) is 31.5. The van der Waals surface area contributed by atoms with Crippen molar-refractivity contribution in [3.63, 3.8) is 0 Å². The molecule has 3 fully saturated rings. The Kier molecular flexibility index (Phi) is 23.8. The second-order valence-corrected chi connectivity index (χ2v) is 20.6. The molecule has 3 saturated heterocycles. The summed E-state index contributed by atoms with van der Waals surface area (Å²) in [5.41, 5.74) is 6.36. The van der Waals surface area contributed by atoms with Crippen LogP contribution in [-0.2, 0) is 4.79 Å². The molecule has 8 aromatic rings. The van der Waals surface area contributed by atoms with Crippen LogP contribution in [0.15, 0.2) is 158 Å². The summed E-state index contributed by atoms with van der Waals surface area (Å²) in [5, 5.41) is 6.67. The van der Waals surface area contributed by atoms with Crippen molar-refractivity contribution in [1.82, 2.24) is 49.5 Å². The summed E-state index contributed by atoms with van der Waals surface area (Å²) in [6.45, 7) is 33.1. The van der Waals surface area contributed by atoms with Gasteiger partial charge in [0.2, 0.25) is 5.91 Å². The number of carbonyl (C=O) groups is 1. The molecular formula is C64H80N12OS2. The maximum atomic E-state index is 12.6. The fraction of sp³-hybridized carbons (Fsp3) is 0.359. The van der Waals surface area contributed by atoms with Gasteiger partial charge in [0, 0.05) is 113 Å². The maximum Gasteiger partial charge on any atom is 0.236 e. The number of anilines is 2. The molecule has 0 atom stereocenters. The van der Waals surface area contributed by atoms with Crippen LogP contribution in [-0.4, -0.2) is 154 Å². The van der Waals surface area contributed by atoms with Gasteiger partial charge in [-0.25, -0.2) is 19.9 Å². The molecule has 2 aromatic carbocycles. The van der Waals surface area contributed by atoms with Gasteiger partial charge in [0.25, 0.3) is 0 Å². The van der Waals surface area contributed by atoms with Crippen LogP contribution in [0, 0.1) is 0 Å². The third-order valence-corrected chi connectivity index (χ3v) is 15.8. The fourth-order valence-electron chi connectivity index (χ4n) is 9.64. The van der Waals surface area contributed by atoms with Gasteiger partial charge in [-0.2, -0.15) is 0 Å². The number of nitrogens with zero attached hydrogens (tertiary/aromatic N) is 12. The molecule has 0 saturated carbocycles. The minimum absolute atomic E-state index is 0.203. The van der Waals surface area contributed by atoms with E-state index >= 15 is 0 Å². The van der Waals surface area contributed by atoms with E-state index in [9.17, 15) is 4.79 Å². The van der Waals surface area contributed by atoms with E-state index in [1.165, 1.54) is 55.5 Å². The van der Waals surface area contributed by atoms with E-state index in [2.05, 4.69) is 113 Å². The number of likely N-dealkylation sites (tertiary alicyclic amines) is 1. The van der Waals surface area contributed by atoms with Crippen LogP contribution in [0.4, 0.5) is 11.6 Å². The Morgan fingerprint density at radius 3 is 1.33 bits per heavy atom. The molecule has 0 N–H and O–H groups in total. The van der Waals surface area contributed by atoms with Crippen LogP contribution in [0.5, 0.6) is 0 Å². The Hall–Kier alpha value is -7.01. The van der Waals surface area contributed by atoms with Crippen LogP contribution in [0.3, 0.4) is 0 Å². The number of piperazine rings is 2. The van der Waals surface area contributed by atoms with Crippen molar-refractivity contribution in [2.75, 3.05) is 108 Å². The first-order chi connectivity index (χ1) is 38.9. The number of allylic oxidation sites excluding steroid dienone is 4. The lowest BCUT2D eigenvalue weighted by Crippen LogP contribution is -2.50. The van der Waals surface area contributed by atoms with E-state index in [0.29, 0.717) is 18.2 Å². The average Bonchev–Trinajstić information content (AvgIpc) is 4.51. The topological polar surface area (TPSA) is 114 Å². The molecule has 1 amide bonds. The van der Waals surface area contributed by atoms with Crippen molar-refractivity contribution >= 4 is 60.6 Å². The second-order valence-electron chi connectivity index (χ2n) is 18.9. The Morgan fingerprint density at radius 1 is 0.544 bits per heavy atom. The number of rotatable bonds is 14. The molecule has 0 bridgehead atoms. The molecule has 15 heteroatoms. The van der Waals surface area contributed by atoms with Gasteiger partial charge in [-0.3, -0.25) is 24.6 Å². The minimum atomic E-state index is 0.203. The highest BCUT2D eigenvalue weighted by Crippen LogP contribution is 2.41. The molecule has 414 valence electrons. The van der Waals surface area contributed by atoms with Crippen molar-refractivity contribution in [2.24, 2.45) is 0 Å². The fourth-order valence-corrected chi connectivity index (χ4v) is 11.5. The van der Waals surface area contributed by atoms with Gasteiger partial charge in [0.1, 0.15) is 32.7 Å². The van der Waals surface area contributed by atoms with Crippen LogP contribution in [0.2, 0.25) is 0 Å². The van der Waals surface area contributed by atoms with Gasteiger partial charge in [0.15, 0.2) is 11.6 Å². The largest absolute Gasteiger partial charge is 0.353 e. The highest BCUT2D eigenvalue weighted by molar-refractivity contribution is 7.17. The summed E-state index contributed by atoms with van der Waals surface area (Å²) in [4.78, 5) is 57.8. The molecular weight excluding hydrogens is 1020 g/mol. The van der Waals surface area contributed by atoms with E-state index in [1.807, 2.05) is 107 Å². The first kappa shape index (κ1) is 59.6. The number of fused-ring (bicyclic) bond motifs is 2. The zero-order chi connectivity index (χ0) is 55.8. The van der Waals surface area contributed by atoms with E-state index < -0.39 is 0 Å². The Morgan fingerprint density at radius 2 is 0.949 bits per heavy atom. The summed E-state index contributed by atoms with van der Waals surface area (Å²) in [6, 6.07) is 32.8. The molecule has 6 aromatic heterocycles. The number of carbonyl (C=O) groups excluding carboxylic acids is 1. The Labute approximate surface area is 477 Å². The molecule has 3 aliphatic heterocycles. The van der Waals surface area contributed by atoms with Crippen molar-refractivity contribution in [3.05, 3.63) is 158 Å². The number of hydrogen-bond donors (Lipinski definition) is 0. The quantitative estimate of drug-likeness (QED) is 0.0763. The first-order valence-electron chi connectivity index (χ1n) is 28.1. The van der Waals surface area contributed by atoms with Gasteiger partial charge in [-0.1, -0.05) is 124 Å².